The van der Waals surface area contributed by atoms with Crippen molar-refractivity contribution in [3.63, 3.8) is 0 Å². The Kier molecular flexibility index (Phi) is 8.09. The second-order valence-corrected chi connectivity index (χ2v) is 11.6. The number of nitriles is 2. The number of rotatable bonds is 9. The second-order valence-electron chi connectivity index (χ2n) is 11.6. The average Bonchev–Trinajstić information content (AvgIpc) is 3.50. The number of nitrogens with one attached hydrogen (secondary N) is 2. The molecule has 2 atom stereocenters. The molecule has 1 unspecified atom stereocenters. The fraction of sp³-hybridized carbons (Fsp3) is 0.312. The van der Waals surface area contributed by atoms with Gasteiger partial charge in [-0.15, -0.1) is 5.10 Å². The molecule has 0 aliphatic rings. The summed E-state index contributed by atoms with van der Waals surface area (Å²) in [4.78, 5) is 8.81. The van der Waals surface area contributed by atoms with Gasteiger partial charge < -0.3 is 15.4 Å². The lowest BCUT2D eigenvalue weighted by molar-refractivity contribution is 0.351. The molecule has 0 radical (unpaired) electrons. The van der Waals surface area contributed by atoms with E-state index in [2.05, 4.69) is 63.8 Å². The van der Waals surface area contributed by atoms with Gasteiger partial charge in [0.1, 0.15) is 24.5 Å². The summed E-state index contributed by atoms with van der Waals surface area (Å²) >= 11 is 0. The lowest BCUT2D eigenvalue weighted by atomic mass is 9.96. The molecular formula is C32H32FN9O. The van der Waals surface area contributed by atoms with Gasteiger partial charge in [-0.05, 0) is 47.6 Å². The van der Waals surface area contributed by atoms with Crippen LogP contribution in [0.2, 0.25) is 0 Å². The maximum atomic E-state index is 13.5. The number of benzene rings is 2. The molecule has 0 fully saturated rings. The molecule has 11 heteroatoms. The normalized spacial score (nSPS) is 12.8. The highest BCUT2D eigenvalue weighted by atomic mass is 19.1. The van der Waals surface area contributed by atoms with E-state index in [1.807, 2.05) is 30.3 Å². The fourth-order valence-electron chi connectivity index (χ4n) is 4.91. The standard InChI is InChI=1S/C32H32FN9O/c1-19(13-33)42-17-27(40-41-42)30(24-7-6-8-25-23(24)9-10-36-31(25)43-5)39-22-11-20(14-34)28-26(12-22)29(21(15-35)16-37-28)38-18-32(2,3)4/h6-12,16-17,19,30,39H,13,18H2,1-5H3,(H,37,38)/t19?,30-/m0/s1. The van der Waals surface area contributed by atoms with Crippen molar-refractivity contribution in [3.8, 4) is 18.0 Å². The number of alkyl halides is 1. The summed E-state index contributed by atoms with van der Waals surface area (Å²) in [6.07, 6.45) is 4.89. The Bertz CT molecular complexity index is 1880. The van der Waals surface area contributed by atoms with E-state index in [4.69, 9.17) is 4.74 Å². The van der Waals surface area contributed by atoms with E-state index in [0.717, 1.165) is 16.3 Å². The molecule has 0 saturated carbocycles. The molecule has 5 rings (SSSR count). The van der Waals surface area contributed by atoms with Crippen molar-refractivity contribution in [1.82, 2.24) is 25.0 Å². The predicted octanol–water partition coefficient (Wildman–Crippen LogP) is 6.32. The van der Waals surface area contributed by atoms with E-state index in [-0.39, 0.29) is 5.41 Å². The molecule has 0 amide bonds. The van der Waals surface area contributed by atoms with Gasteiger partial charge in [-0.25, -0.2) is 14.1 Å². The monoisotopic (exact) mass is 577 g/mol. The number of fused-ring (bicyclic) bond motifs is 2. The third-order valence-corrected chi connectivity index (χ3v) is 7.13. The first kappa shape index (κ1) is 29.2. The van der Waals surface area contributed by atoms with Crippen LogP contribution in [0.15, 0.2) is 55.0 Å². The van der Waals surface area contributed by atoms with E-state index in [0.29, 0.717) is 51.5 Å². The molecule has 0 aliphatic heterocycles. The van der Waals surface area contributed by atoms with Crippen molar-refractivity contribution in [1.29, 1.82) is 10.5 Å². The maximum absolute atomic E-state index is 13.5. The summed E-state index contributed by atoms with van der Waals surface area (Å²) in [6, 6.07) is 14.7. The zero-order chi connectivity index (χ0) is 30.7. The molecule has 10 nitrogen and oxygen atoms in total. The summed E-state index contributed by atoms with van der Waals surface area (Å²) < 4.78 is 20.5. The van der Waals surface area contributed by atoms with Crippen LogP contribution in [0.1, 0.15) is 62.2 Å². The largest absolute Gasteiger partial charge is 0.481 e. The lowest BCUT2D eigenvalue weighted by Gasteiger charge is -2.23. The number of methoxy groups -OCH3 is 1. The zero-order valence-corrected chi connectivity index (χ0v) is 24.7. The SMILES string of the molecule is COc1nccc2c([C@H](Nc3cc(C#N)c4ncc(C#N)c(NCC(C)(C)C)c4c3)c3cn(C(C)CF)nn3)cccc12. The maximum Gasteiger partial charge on any atom is 0.221 e. The van der Waals surface area contributed by atoms with Crippen LogP contribution in [-0.2, 0) is 0 Å². The highest BCUT2D eigenvalue weighted by Crippen LogP contribution is 2.37. The number of ether oxygens (including phenoxy) is 1. The van der Waals surface area contributed by atoms with Crippen molar-refractivity contribution in [2.75, 3.05) is 31.0 Å². The van der Waals surface area contributed by atoms with Crippen LogP contribution in [0.5, 0.6) is 5.88 Å². The highest BCUT2D eigenvalue weighted by molar-refractivity contribution is 5.99. The van der Waals surface area contributed by atoms with Gasteiger partial charge in [0.15, 0.2) is 0 Å². The van der Waals surface area contributed by atoms with E-state index < -0.39 is 18.8 Å². The number of halogens is 1. The molecule has 5 aromatic rings. The van der Waals surface area contributed by atoms with Crippen LogP contribution in [0.4, 0.5) is 15.8 Å². The van der Waals surface area contributed by atoms with Crippen molar-refractivity contribution in [2.45, 2.75) is 39.8 Å². The molecule has 0 aliphatic carbocycles. The van der Waals surface area contributed by atoms with Crippen molar-refractivity contribution < 1.29 is 9.13 Å². The van der Waals surface area contributed by atoms with Gasteiger partial charge in [0.2, 0.25) is 5.88 Å². The number of hydrogen-bond donors (Lipinski definition) is 2. The first-order valence-corrected chi connectivity index (χ1v) is 13.8. The molecule has 218 valence electrons. The van der Waals surface area contributed by atoms with Crippen molar-refractivity contribution in [2.24, 2.45) is 5.41 Å². The number of nitrogens with zero attached hydrogens (tertiary/aromatic N) is 7. The van der Waals surface area contributed by atoms with Gasteiger partial charge in [0, 0.05) is 35.4 Å². The Balaban J connectivity index is 1.70. The Morgan fingerprint density at radius 2 is 1.84 bits per heavy atom. The molecule has 2 aromatic carbocycles. The minimum atomic E-state index is -0.590. The molecule has 2 N–H and O–H groups in total. The van der Waals surface area contributed by atoms with Gasteiger partial charge in [0.25, 0.3) is 0 Å². The highest BCUT2D eigenvalue weighted by Gasteiger charge is 2.24. The van der Waals surface area contributed by atoms with Crippen LogP contribution in [-0.4, -0.2) is 45.3 Å². The summed E-state index contributed by atoms with van der Waals surface area (Å²) in [5.74, 6) is 0.481. The summed E-state index contributed by atoms with van der Waals surface area (Å²) in [5, 5.41) is 37.9. The number of aromatic nitrogens is 5. The second kappa shape index (κ2) is 11.9. The van der Waals surface area contributed by atoms with E-state index in [1.54, 1.807) is 32.5 Å². The molecule has 0 spiro atoms. The molecule has 0 bridgehead atoms. The molecular weight excluding hydrogens is 545 g/mol. The summed E-state index contributed by atoms with van der Waals surface area (Å²) in [6.45, 7) is 8.03. The van der Waals surface area contributed by atoms with Gasteiger partial charge in [0.05, 0.1) is 47.7 Å². The molecule has 3 heterocycles. The van der Waals surface area contributed by atoms with Crippen LogP contribution in [0.25, 0.3) is 21.7 Å². The molecule has 43 heavy (non-hydrogen) atoms. The van der Waals surface area contributed by atoms with E-state index in [9.17, 15) is 14.9 Å². The van der Waals surface area contributed by atoms with Gasteiger partial charge in [-0.1, -0.05) is 38.1 Å². The smallest absolute Gasteiger partial charge is 0.221 e. The molecule has 0 saturated heterocycles. The number of anilines is 2. The predicted molar refractivity (Wildman–Crippen MR) is 164 cm³/mol. The molecule has 3 aromatic heterocycles. The lowest BCUT2D eigenvalue weighted by Crippen LogP contribution is -2.20. The minimum absolute atomic E-state index is 0.0613. The Morgan fingerprint density at radius 3 is 2.53 bits per heavy atom. The van der Waals surface area contributed by atoms with Crippen molar-refractivity contribution in [3.05, 3.63) is 77.4 Å². The van der Waals surface area contributed by atoms with Crippen LogP contribution >= 0.6 is 0 Å². The zero-order valence-electron chi connectivity index (χ0n) is 24.7. The number of hydrogen-bond acceptors (Lipinski definition) is 9. The average molecular weight is 578 g/mol. The van der Waals surface area contributed by atoms with Crippen LogP contribution < -0.4 is 15.4 Å². The Labute approximate surface area is 249 Å². The Hall–Kier alpha value is -5.29. The third kappa shape index (κ3) is 5.88. The third-order valence-electron chi connectivity index (χ3n) is 7.13. The first-order valence-electron chi connectivity index (χ1n) is 13.8. The summed E-state index contributed by atoms with van der Waals surface area (Å²) in [5.41, 5.74) is 3.78. The quantitative estimate of drug-likeness (QED) is 0.206. The fourth-order valence-corrected chi connectivity index (χ4v) is 4.91. The van der Waals surface area contributed by atoms with Gasteiger partial charge in [-0.2, -0.15) is 10.5 Å². The first-order chi connectivity index (χ1) is 20.7. The number of pyridine rings is 2. The topological polar surface area (TPSA) is 137 Å². The van der Waals surface area contributed by atoms with Crippen molar-refractivity contribution >= 4 is 33.1 Å². The van der Waals surface area contributed by atoms with E-state index in [1.165, 1.54) is 10.9 Å². The summed E-state index contributed by atoms with van der Waals surface area (Å²) in [7, 11) is 1.57. The van der Waals surface area contributed by atoms with E-state index >= 15 is 0 Å². The van der Waals surface area contributed by atoms with Gasteiger partial charge >= 0.3 is 0 Å². The Morgan fingerprint density at radius 1 is 1.05 bits per heavy atom. The van der Waals surface area contributed by atoms with Gasteiger partial charge in [-0.3, -0.25) is 4.98 Å². The minimum Gasteiger partial charge on any atom is -0.481 e. The van der Waals surface area contributed by atoms with Crippen LogP contribution in [0, 0.1) is 28.1 Å². The van der Waals surface area contributed by atoms with Crippen LogP contribution in [0.3, 0.4) is 0 Å².